The van der Waals surface area contributed by atoms with Crippen LogP contribution < -0.4 is 20.0 Å². The Morgan fingerprint density at radius 1 is 0.956 bits per heavy atom. The first kappa shape index (κ1) is 30.7. The number of rotatable bonds is 6. The van der Waals surface area contributed by atoms with Gasteiger partial charge in [-0.3, -0.25) is 23.7 Å². The Morgan fingerprint density at radius 2 is 1.67 bits per heavy atom. The van der Waals surface area contributed by atoms with Crippen LogP contribution in [0.4, 0.5) is 30.2 Å². The molecular weight excluding hydrogens is 626 g/mol. The minimum Gasteiger partial charge on any atom is -0.378 e. The fourth-order valence-corrected chi connectivity index (χ4v) is 8.51. The highest BCUT2D eigenvalue weighted by molar-refractivity contribution is 8.00. The Labute approximate surface area is 264 Å². The van der Waals surface area contributed by atoms with E-state index in [4.69, 9.17) is 0 Å². The minimum atomic E-state index is -4.67. The molecule has 3 heterocycles. The molecule has 1 aromatic heterocycles. The second-order valence-electron chi connectivity index (χ2n) is 11.1. The molecule has 8 nitrogen and oxygen atoms in total. The lowest BCUT2D eigenvalue weighted by molar-refractivity contribution is -0.137. The molecule has 0 saturated carbocycles. The first-order valence-corrected chi connectivity index (χ1v) is 15.6. The van der Waals surface area contributed by atoms with Gasteiger partial charge in [0, 0.05) is 36.3 Å². The predicted octanol–water partition coefficient (Wildman–Crippen LogP) is 5.74. The molecule has 4 aromatic rings. The maximum atomic E-state index is 14.0. The highest BCUT2D eigenvalue weighted by atomic mass is 32.2. The first-order chi connectivity index (χ1) is 21.3. The molecule has 1 saturated heterocycles. The van der Waals surface area contributed by atoms with Crippen molar-refractivity contribution in [2.75, 3.05) is 29.2 Å². The predicted molar refractivity (Wildman–Crippen MR) is 168 cm³/mol. The number of amides is 3. The summed E-state index contributed by atoms with van der Waals surface area (Å²) in [5, 5.41) is 2.15. The van der Waals surface area contributed by atoms with Gasteiger partial charge in [-0.2, -0.15) is 13.2 Å². The number of fused-ring (bicyclic) bond motifs is 2. The number of alkyl halides is 3. The van der Waals surface area contributed by atoms with Gasteiger partial charge < -0.3 is 10.2 Å². The summed E-state index contributed by atoms with van der Waals surface area (Å²) in [4.78, 5) is 57.2. The summed E-state index contributed by atoms with van der Waals surface area (Å²) >= 11 is 1.90. The van der Waals surface area contributed by atoms with Crippen molar-refractivity contribution in [2.24, 2.45) is 5.92 Å². The van der Waals surface area contributed by atoms with E-state index in [0.29, 0.717) is 21.2 Å². The van der Waals surface area contributed by atoms with Crippen molar-refractivity contribution in [1.29, 1.82) is 0 Å². The molecule has 0 aliphatic carbocycles. The Bertz CT molecular complexity index is 1880. The van der Waals surface area contributed by atoms with Crippen LogP contribution in [0.2, 0.25) is 0 Å². The van der Waals surface area contributed by atoms with Crippen molar-refractivity contribution < 1.29 is 27.6 Å². The van der Waals surface area contributed by atoms with Crippen molar-refractivity contribution in [3.63, 3.8) is 0 Å². The second kappa shape index (κ2) is 11.5. The number of hydrogen-bond acceptors (Lipinski definition) is 7. The Balaban J connectivity index is 1.42. The van der Waals surface area contributed by atoms with Gasteiger partial charge in [0.1, 0.15) is 11.8 Å². The normalized spacial score (nSPS) is 19.3. The van der Waals surface area contributed by atoms with Gasteiger partial charge in [-0.15, -0.1) is 0 Å². The summed E-state index contributed by atoms with van der Waals surface area (Å²) in [7, 11) is 3.75. The lowest BCUT2D eigenvalue weighted by atomic mass is 9.83. The van der Waals surface area contributed by atoms with E-state index in [0.717, 1.165) is 57.4 Å². The number of halogens is 3. The van der Waals surface area contributed by atoms with E-state index in [1.165, 1.54) is 10.6 Å². The first-order valence-electron chi connectivity index (χ1n) is 13.9. The van der Waals surface area contributed by atoms with E-state index < -0.39 is 51.4 Å². The molecule has 1 fully saturated rings. The molecule has 2 aliphatic heterocycles. The van der Waals surface area contributed by atoms with Gasteiger partial charge in [-0.05, 0) is 60.5 Å². The van der Waals surface area contributed by atoms with E-state index >= 15 is 0 Å². The van der Waals surface area contributed by atoms with E-state index in [1.807, 2.05) is 56.3 Å². The maximum Gasteiger partial charge on any atom is 0.416 e. The van der Waals surface area contributed by atoms with Crippen LogP contribution in [0.5, 0.6) is 0 Å². The number of carbonyl (C=O) groups is 3. The maximum absolute atomic E-state index is 14.0. The SMILES string of the molecule is Cc1cccc(NC(=O)Cn2c3c(sc2=O)C(c2ccc(N(C)C)cc2)C2C(=O)N(c4cccc(C(F)(F)F)c4)C(=O)C2S3)c1. The van der Waals surface area contributed by atoms with Crippen LogP contribution in [0.25, 0.3) is 0 Å². The van der Waals surface area contributed by atoms with Gasteiger partial charge in [0.05, 0.1) is 22.2 Å². The molecule has 6 rings (SSSR count). The topological polar surface area (TPSA) is 91.7 Å². The van der Waals surface area contributed by atoms with E-state index in [1.54, 1.807) is 18.2 Å². The van der Waals surface area contributed by atoms with Crippen molar-refractivity contribution in [2.45, 2.75) is 35.8 Å². The monoisotopic (exact) mass is 652 g/mol. The number of anilines is 3. The third-order valence-electron chi connectivity index (χ3n) is 7.85. The number of hydrogen-bond donors (Lipinski definition) is 1. The molecule has 3 amide bonds. The van der Waals surface area contributed by atoms with Crippen molar-refractivity contribution in [1.82, 2.24) is 4.57 Å². The van der Waals surface area contributed by atoms with Crippen LogP contribution in [0, 0.1) is 12.8 Å². The molecule has 3 unspecified atom stereocenters. The zero-order valence-corrected chi connectivity index (χ0v) is 25.9. The molecule has 1 N–H and O–H groups in total. The summed E-state index contributed by atoms with van der Waals surface area (Å²) in [5.41, 5.74) is 1.91. The van der Waals surface area contributed by atoms with Crippen LogP contribution in [0.3, 0.4) is 0 Å². The average molecular weight is 653 g/mol. The summed E-state index contributed by atoms with van der Waals surface area (Å²) in [6, 6.07) is 18.7. The third-order valence-corrected chi connectivity index (χ3v) is 10.5. The zero-order chi connectivity index (χ0) is 32.2. The van der Waals surface area contributed by atoms with Gasteiger partial charge in [0.15, 0.2) is 0 Å². The van der Waals surface area contributed by atoms with E-state index in [9.17, 15) is 32.3 Å². The number of aromatic nitrogens is 1. The quantitative estimate of drug-likeness (QED) is 0.268. The number of thiazole rings is 1. The molecule has 0 bridgehead atoms. The lowest BCUT2D eigenvalue weighted by Gasteiger charge is -2.31. The average Bonchev–Trinajstić information content (AvgIpc) is 3.43. The van der Waals surface area contributed by atoms with Crippen molar-refractivity contribution >= 4 is 57.9 Å². The molecule has 0 radical (unpaired) electrons. The molecule has 232 valence electrons. The summed E-state index contributed by atoms with van der Waals surface area (Å²) in [6.07, 6.45) is -4.67. The highest BCUT2D eigenvalue weighted by Crippen LogP contribution is 2.54. The van der Waals surface area contributed by atoms with Crippen LogP contribution in [0.1, 0.15) is 27.5 Å². The lowest BCUT2D eigenvalue weighted by Crippen LogP contribution is -2.33. The fraction of sp³-hybridized carbons (Fsp3) is 0.250. The largest absolute Gasteiger partial charge is 0.416 e. The smallest absolute Gasteiger partial charge is 0.378 e. The third kappa shape index (κ3) is 5.66. The van der Waals surface area contributed by atoms with Crippen LogP contribution in [0.15, 0.2) is 82.6 Å². The Kier molecular flexibility index (Phi) is 7.86. The van der Waals surface area contributed by atoms with Gasteiger partial charge in [-0.1, -0.05) is 53.4 Å². The summed E-state index contributed by atoms with van der Waals surface area (Å²) in [6.45, 7) is 1.56. The van der Waals surface area contributed by atoms with Crippen molar-refractivity contribution in [3.8, 4) is 0 Å². The standard InChI is InChI=1S/C32H27F3N4O4S2/c1-17-6-4-8-20(14-17)36-23(40)16-38-30-27(45-31(38)43)24(18-10-12-21(13-11-18)37(2)3)25-26(44-30)29(42)39(28(25)41)22-9-5-7-19(15-22)32(33,34)35/h4-15,24-26H,16H2,1-3H3,(H,36,40). The number of aryl methyl sites for hydroxylation is 1. The number of benzene rings is 3. The Morgan fingerprint density at radius 3 is 2.33 bits per heavy atom. The fourth-order valence-electron chi connectivity index (χ4n) is 5.74. The molecule has 2 aliphatic rings. The van der Waals surface area contributed by atoms with Crippen molar-refractivity contribution in [3.05, 3.63) is 104 Å². The van der Waals surface area contributed by atoms with E-state index in [-0.39, 0.29) is 12.2 Å². The van der Waals surface area contributed by atoms with E-state index in [2.05, 4.69) is 5.32 Å². The van der Waals surface area contributed by atoms with Gasteiger partial charge in [0.25, 0.3) is 0 Å². The van der Waals surface area contributed by atoms with Crippen LogP contribution >= 0.6 is 23.1 Å². The molecule has 13 heteroatoms. The Hall–Kier alpha value is -4.36. The van der Waals surface area contributed by atoms with Gasteiger partial charge in [0.2, 0.25) is 17.7 Å². The molecule has 0 spiro atoms. The summed E-state index contributed by atoms with van der Waals surface area (Å²) in [5.74, 6) is -3.49. The minimum absolute atomic E-state index is 0.171. The molecule has 3 aromatic carbocycles. The number of carbonyl (C=O) groups excluding carboxylic acids is 3. The van der Waals surface area contributed by atoms with Crippen LogP contribution in [-0.4, -0.2) is 41.6 Å². The number of thioether (sulfide) groups is 1. The number of nitrogens with zero attached hydrogens (tertiary/aromatic N) is 3. The molecule has 45 heavy (non-hydrogen) atoms. The molecular formula is C32H27F3N4O4S2. The second-order valence-corrected chi connectivity index (χ2v) is 13.3. The van der Waals surface area contributed by atoms with Crippen LogP contribution in [-0.2, 0) is 27.1 Å². The zero-order valence-electron chi connectivity index (χ0n) is 24.3. The summed E-state index contributed by atoms with van der Waals surface area (Å²) < 4.78 is 41.9. The highest BCUT2D eigenvalue weighted by Gasteiger charge is 2.57. The van der Waals surface area contributed by atoms with Gasteiger partial charge in [-0.25, -0.2) is 4.90 Å². The van der Waals surface area contributed by atoms with Gasteiger partial charge >= 0.3 is 11.0 Å². The number of imide groups is 1. The number of nitrogens with one attached hydrogen (secondary N) is 1. The molecule has 3 atom stereocenters.